The normalized spacial score (nSPS) is 13.0. The summed E-state index contributed by atoms with van der Waals surface area (Å²) < 4.78 is 36.2. The minimum absolute atomic E-state index is 0.969. The summed E-state index contributed by atoms with van der Waals surface area (Å²) in [6.45, 7) is 4.00. The van der Waals surface area contributed by atoms with Gasteiger partial charge in [-0.25, -0.2) is 23.2 Å². The third kappa shape index (κ3) is 4.62. The Bertz CT molecular complexity index is 611. The van der Waals surface area contributed by atoms with E-state index in [1.807, 2.05) is 13.0 Å². The van der Waals surface area contributed by atoms with Gasteiger partial charge in [-0.3, -0.25) is 5.32 Å². The molecule has 1 aliphatic heterocycles. The summed E-state index contributed by atoms with van der Waals surface area (Å²) >= 11 is 0. The Morgan fingerprint density at radius 2 is 1.76 bits per heavy atom. The van der Waals surface area contributed by atoms with Crippen LogP contribution < -0.4 is 28.5 Å². The maximum atomic E-state index is 8.49. The summed E-state index contributed by atoms with van der Waals surface area (Å²) in [5, 5.41) is 3.30. The van der Waals surface area contributed by atoms with E-state index in [1.165, 1.54) is 11.3 Å². The van der Waals surface area contributed by atoms with Gasteiger partial charge in [0.1, 0.15) is 17.9 Å². The second-order valence-corrected chi connectivity index (χ2v) is 5.18. The first-order valence-corrected chi connectivity index (χ1v) is 7.40. The molecule has 0 unspecified atom stereocenters. The number of nitrogens with one attached hydrogen (secondary N) is 1. The van der Waals surface area contributed by atoms with E-state index in [0.29, 0.717) is 0 Å². The number of anilines is 1. The Balaban J connectivity index is 0.000000282. The lowest BCUT2D eigenvalue weighted by atomic mass is 10.1. The van der Waals surface area contributed by atoms with Crippen LogP contribution in [-0.2, 0) is 6.54 Å². The Morgan fingerprint density at radius 1 is 1.14 bits per heavy atom. The molecule has 1 aromatic heterocycles. The van der Waals surface area contributed by atoms with Gasteiger partial charge >= 0.3 is 5.95 Å². The van der Waals surface area contributed by atoms with Crippen LogP contribution in [0.1, 0.15) is 5.69 Å². The largest absolute Gasteiger partial charge is 0.392 e. The molecule has 0 saturated heterocycles. The third-order valence-electron chi connectivity index (χ3n) is 2.86. The van der Waals surface area contributed by atoms with Crippen LogP contribution in [0.3, 0.4) is 0 Å². The van der Waals surface area contributed by atoms with E-state index in [1.54, 1.807) is 0 Å². The minimum Gasteiger partial charge on any atom is -0.271 e. The second-order valence-electron chi connectivity index (χ2n) is 4.43. The fourth-order valence-corrected chi connectivity index (χ4v) is 2.14. The Labute approximate surface area is 123 Å². The third-order valence-corrected chi connectivity index (χ3v) is 2.86. The molecule has 0 aliphatic carbocycles. The molecule has 1 N–H and O–H groups in total. The van der Waals surface area contributed by atoms with Crippen LogP contribution in [0.5, 0.6) is 0 Å². The van der Waals surface area contributed by atoms with Crippen LogP contribution in [0.15, 0.2) is 36.4 Å². The van der Waals surface area contributed by atoms with Crippen molar-refractivity contribution in [2.45, 2.75) is 13.5 Å². The van der Waals surface area contributed by atoms with Gasteiger partial charge in [0.15, 0.2) is 0 Å². The zero-order chi connectivity index (χ0) is 15.5. The van der Waals surface area contributed by atoms with Crippen molar-refractivity contribution in [2.24, 2.45) is 0 Å². The number of benzene rings is 1. The fraction of sp³-hybridized carbons (Fsp3) is 0.231. The Kier molecular flexibility index (Phi) is 4.71. The highest BCUT2D eigenvalue weighted by Crippen LogP contribution is 2.18. The zero-order valence-corrected chi connectivity index (χ0v) is 12.0. The lowest BCUT2D eigenvalue weighted by Crippen LogP contribution is -2.68. The number of halogens is 1. The van der Waals surface area contributed by atoms with Gasteiger partial charge in [0.2, 0.25) is 0 Å². The molecule has 0 fully saturated rings. The number of nitrogens with zero attached hydrogens (tertiary/aromatic N) is 2. The lowest BCUT2D eigenvalue weighted by molar-refractivity contribution is -2.00. The first-order chi connectivity index (χ1) is 9.84. The molecule has 1 aliphatic rings. The molecule has 21 heavy (non-hydrogen) atoms. The van der Waals surface area contributed by atoms with Crippen LogP contribution in [0.4, 0.5) is 5.95 Å². The van der Waals surface area contributed by atoms with E-state index in [9.17, 15) is 0 Å². The Hall–Kier alpha value is -1.77. The van der Waals surface area contributed by atoms with Gasteiger partial charge in [-0.05, 0) is 6.92 Å². The molecule has 0 saturated carbocycles. The van der Waals surface area contributed by atoms with Crippen molar-refractivity contribution in [3.05, 3.63) is 42.1 Å². The number of aryl methyl sites for hydroxylation is 1. The molecular weight excluding hydrogens is 298 g/mol. The van der Waals surface area contributed by atoms with E-state index < -0.39 is 10.2 Å². The molecule has 0 radical (unpaired) electrons. The number of aromatic nitrogens is 2. The smallest absolute Gasteiger partial charge is 0.271 e. The predicted octanol–water partition coefficient (Wildman–Crippen LogP) is -2.99. The van der Waals surface area contributed by atoms with Gasteiger partial charge in [0, 0.05) is 11.6 Å². The number of hydrogen-bond acceptors (Lipinski definition) is 6. The van der Waals surface area contributed by atoms with Gasteiger partial charge in [0.05, 0.1) is 6.54 Å². The second kappa shape index (κ2) is 6.33. The van der Waals surface area contributed by atoms with Crippen molar-refractivity contribution >= 4 is 5.95 Å². The van der Waals surface area contributed by atoms with Crippen molar-refractivity contribution in [1.82, 2.24) is 4.98 Å². The molecule has 0 amide bonds. The molecule has 3 rings (SSSR count). The fourth-order valence-electron chi connectivity index (χ4n) is 2.14. The standard InChI is InChI=1S/C13H13N3.ClHO4/c1-10-9-12(11-5-3-2-4-6-11)16-8-7-14-13(16)15-10;2-1(3,4)5/h2-6,9H,7-8H2,1H3;(H,2,3,4,5). The van der Waals surface area contributed by atoms with Crippen molar-refractivity contribution in [1.29, 1.82) is 0 Å². The number of rotatable bonds is 1. The Morgan fingerprint density at radius 3 is 2.38 bits per heavy atom. The van der Waals surface area contributed by atoms with Crippen LogP contribution in [0.2, 0.25) is 0 Å². The highest BCUT2D eigenvalue weighted by atomic mass is 35.7. The van der Waals surface area contributed by atoms with Gasteiger partial charge in [-0.2, -0.15) is 0 Å². The summed E-state index contributed by atoms with van der Waals surface area (Å²) in [6, 6.07) is 12.6. The van der Waals surface area contributed by atoms with Crippen molar-refractivity contribution in [3.8, 4) is 11.3 Å². The molecule has 1 aromatic carbocycles. The molecule has 0 spiro atoms. The van der Waals surface area contributed by atoms with E-state index in [4.69, 9.17) is 18.6 Å². The van der Waals surface area contributed by atoms with Gasteiger partial charge in [-0.1, -0.05) is 35.3 Å². The predicted molar refractivity (Wildman–Crippen MR) is 63.1 cm³/mol. The molecule has 112 valence electrons. The van der Waals surface area contributed by atoms with Gasteiger partial charge < -0.3 is 0 Å². The van der Waals surface area contributed by atoms with Crippen LogP contribution in [0.25, 0.3) is 11.3 Å². The van der Waals surface area contributed by atoms with Crippen molar-refractivity contribution in [2.75, 3.05) is 11.9 Å². The maximum Gasteiger partial charge on any atom is 0.392 e. The van der Waals surface area contributed by atoms with Crippen molar-refractivity contribution in [3.63, 3.8) is 0 Å². The van der Waals surface area contributed by atoms with E-state index in [2.05, 4.69) is 45.2 Å². The van der Waals surface area contributed by atoms with Crippen LogP contribution >= 0.6 is 0 Å². The molecule has 2 aromatic rings. The summed E-state index contributed by atoms with van der Waals surface area (Å²) in [5.41, 5.74) is 3.55. The average molecular weight is 312 g/mol. The van der Waals surface area contributed by atoms with E-state index in [0.717, 1.165) is 24.7 Å². The number of fused-ring (bicyclic) bond motifs is 1. The summed E-state index contributed by atoms with van der Waals surface area (Å²) in [7, 11) is -4.94. The highest BCUT2D eigenvalue weighted by molar-refractivity contribution is 5.57. The monoisotopic (exact) mass is 311 g/mol. The maximum absolute atomic E-state index is 8.49. The summed E-state index contributed by atoms with van der Waals surface area (Å²) in [4.78, 5) is 4.49. The average Bonchev–Trinajstić information content (AvgIpc) is 2.85. The number of hydrogen-bond donors (Lipinski definition) is 1. The summed E-state index contributed by atoms with van der Waals surface area (Å²) in [6.07, 6.45) is 0. The molecule has 2 heterocycles. The first kappa shape index (κ1) is 15.6. The molecule has 0 bridgehead atoms. The van der Waals surface area contributed by atoms with E-state index >= 15 is 0 Å². The lowest BCUT2D eigenvalue weighted by Gasteiger charge is -2.17. The molecule has 7 nitrogen and oxygen atoms in total. The topological polar surface area (TPSA) is 121 Å². The zero-order valence-electron chi connectivity index (χ0n) is 11.3. The molecule has 0 atom stereocenters. The quantitative estimate of drug-likeness (QED) is 0.561. The minimum atomic E-state index is -4.94. The van der Waals surface area contributed by atoms with Crippen LogP contribution in [-0.4, -0.2) is 11.5 Å². The van der Waals surface area contributed by atoms with Gasteiger partial charge in [-0.15, -0.1) is 10.2 Å². The SMILES string of the molecule is Cc1cc(-c2ccccc2)[n+]2c(n1)NCC2.[O-][Cl+3]([O-])([O-])[O-]. The van der Waals surface area contributed by atoms with Crippen molar-refractivity contribution < 1.29 is 33.4 Å². The molecule has 8 heteroatoms. The van der Waals surface area contributed by atoms with Crippen LogP contribution in [0, 0.1) is 17.2 Å². The molecular formula is C13H14ClN3O4. The summed E-state index contributed by atoms with van der Waals surface area (Å²) in [5.74, 6) is 0.985. The van der Waals surface area contributed by atoms with E-state index in [-0.39, 0.29) is 0 Å². The van der Waals surface area contributed by atoms with Gasteiger partial charge in [0.25, 0.3) is 0 Å². The highest BCUT2D eigenvalue weighted by Gasteiger charge is 2.23. The first-order valence-electron chi connectivity index (χ1n) is 6.17.